The molecular formula is C10H21NO. The highest BCUT2D eigenvalue weighted by Crippen LogP contribution is 2.49. The number of rotatable bonds is 5. The van der Waals surface area contributed by atoms with Crippen LogP contribution in [0.25, 0.3) is 0 Å². The molecule has 0 aromatic heterocycles. The Morgan fingerprint density at radius 3 is 2.42 bits per heavy atom. The second kappa shape index (κ2) is 3.75. The Morgan fingerprint density at radius 1 is 1.50 bits per heavy atom. The molecule has 0 radical (unpaired) electrons. The van der Waals surface area contributed by atoms with Crippen LogP contribution in [-0.2, 0) is 0 Å². The highest BCUT2D eigenvalue weighted by Gasteiger charge is 2.47. The maximum absolute atomic E-state index is 9.86. The quantitative estimate of drug-likeness (QED) is 0.659. The zero-order valence-corrected chi connectivity index (χ0v) is 8.21. The van der Waals surface area contributed by atoms with Crippen LogP contribution >= 0.6 is 0 Å². The summed E-state index contributed by atoms with van der Waals surface area (Å²) in [4.78, 5) is 0. The third-order valence-electron chi connectivity index (χ3n) is 3.33. The van der Waals surface area contributed by atoms with Gasteiger partial charge in [0.2, 0.25) is 0 Å². The predicted octanol–water partition coefficient (Wildman–Crippen LogP) is 1.52. The van der Waals surface area contributed by atoms with E-state index < -0.39 is 0 Å². The van der Waals surface area contributed by atoms with Gasteiger partial charge in [-0.1, -0.05) is 20.3 Å². The van der Waals surface area contributed by atoms with E-state index in [4.69, 9.17) is 5.73 Å². The van der Waals surface area contributed by atoms with Crippen LogP contribution in [0.4, 0.5) is 0 Å². The molecule has 0 bridgehead atoms. The molecule has 2 heteroatoms. The first-order valence-corrected chi connectivity index (χ1v) is 5.02. The van der Waals surface area contributed by atoms with Crippen LogP contribution in [0.5, 0.6) is 0 Å². The molecule has 0 aromatic rings. The van der Waals surface area contributed by atoms with Gasteiger partial charge in [-0.2, -0.15) is 0 Å². The van der Waals surface area contributed by atoms with Crippen LogP contribution in [0.2, 0.25) is 0 Å². The molecule has 0 amide bonds. The Bertz CT molecular complexity index is 143. The van der Waals surface area contributed by atoms with Crippen LogP contribution in [0, 0.1) is 11.3 Å². The van der Waals surface area contributed by atoms with Gasteiger partial charge in [0.1, 0.15) is 0 Å². The fraction of sp³-hybridized carbons (Fsp3) is 1.00. The third-order valence-corrected chi connectivity index (χ3v) is 3.33. The lowest BCUT2D eigenvalue weighted by Crippen LogP contribution is -2.30. The zero-order chi connectivity index (χ0) is 9.19. The first kappa shape index (κ1) is 10.0. The minimum atomic E-state index is -0.155. The molecule has 3 N–H and O–H groups in total. The van der Waals surface area contributed by atoms with Gasteiger partial charge < -0.3 is 10.8 Å². The van der Waals surface area contributed by atoms with E-state index in [0.717, 1.165) is 25.7 Å². The number of aliphatic hydroxyl groups excluding tert-OH is 1. The van der Waals surface area contributed by atoms with Crippen LogP contribution < -0.4 is 5.73 Å². The van der Waals surface area contributed by atoms with Gasteiger partial charge in [-0.05, 0) is 25.2 Å². The Balaban J connectivity index is 2.32. The average molecular weight is 171 g/mol. The number of hydrogen-bond acceptors (Lipinski definition) is 2. The molecule has 0 heterocycles. The SMILES string of the molecule is CCC(C)CC(O)C1(CN)CC1. The minimum Gasteiger partial charge on any atom is -0.392 e. The third kappa shape index (κ3) is 1.99. The van der Waals surface area contributed by atoms with Crippen LogP contribution in [0.1, 0.15) is 39.5 Å². The molecule has 2 unspecified atom stereocenters. The lowest BCUT2D eigenvalue weighted by atomic mass is 9.90. The maximum atomic E-state index is 9.86. The Morgan fingerprint density at radius 2 is 2.08 bits per heavy atom. The van der Waals surface area contributed by atoms with E-state index in [1.165, 1.54) is 0 Å². The van der Waals surface area contributed by atoms with Crippen molar-refractivity contribution < 1.29 is 5.11 Å². The van der Waals surface area contributed by atoms with Crippen molar-refractivity contribution >= 4 is 0 Å². The molecule has 1 aliphatic carbocycles. The van der Waals surface area contributed by atoms with E-state index in [-0.39, 0.29) is 11.5 Å². The number of aliphatic hydroxyl groups is 1. The Hall–Kier alpha value is -0.0800. The zero-order valence-electron chi connectivity index (χ0n) is 8.21. The van der Waals surface area contributed by atoms with Gasteiger partial charge in [0.15, 0.2) is 0 Å². The summed E-state index contributed by atoms with van der Waals surface area (Å²) in [6, 6.07) is 0. The molecule has 0 saturated heterocycles. The molecule has 0 aromatic carbocycles. The largest absolute Gasteiger partial charge is 0.392 e. The molecule has 0 aliphatic heterocycles. The van der Waals surface area contributed by atoms with Gasteiger partial charge in [0, 0.05) is 12.0 Å². The lowest BCUT2D eigenvalue weighted by molar-refractivity contribution is 0.0736. The van der Waals surface area contributed by atoms with Gasteiger partial charge in [0.05, 0.1) is 6.10 Å². The van der Waals surface area contributed by atoms with Crippen molar-refractivity contribution in [3.8, 4) is 0 Å². The van der Waals surface area contributed by atoms with Crippen molar-refractivity contribution in [3.63, 3.8) is 0 Å². The molecule has 1 rings (SSSR count). The molecule has 72 valence electrons. The van der Waals surface area contributed by atoms with E-state index in [9.17, 15) is 5.11 Å². The van der Waals surface area contributed by atoms with Crippen molar-refractivity contribution in [2.75, 3.05) is 6.54 Å². The molecule has 1 fully saturated rings. The van der Waals surface area contributed by atoms with Gasteiger partial charge in [-0.3, -0.25) is 0 Å². The monoisotopic (exact) mass is 171 g/mol. The van der Waals surface area contributed by atoms with Gasteiger partial charge in [0.25, 0.3) is 0 Å². The normalized spacial score (nSPS) is 25.0. The summed E-state index contributed by atoms with van der Waals surface area (Å²) in [6.45, 7) is 5.01. The van der Waals surface area contributed by atoms with Gasteiger partial charge >= 0.3 is 0 Å². The number of nitrogens with two attached hydrogens (primary N) is 1. The van der Waals surface area contributed by atoms with Crippen molar-refractivity contribution in [1.82, 2.24) is 0 Å². The standard InChI is InChI=1S/C10H21NO/c1-3-8(2)6-9(12)10(7-11)4-5-10/h8-9,12H,3-7,11H2,1-2H3. The van der Waals surface area contributed by atoms with Crippen LogP contribution in [0.15, 0.2) is 0 Å². The molecular weight excluding hydrogens is 150 g/mol. The number of hydrogen-bond donors (Lipinski definition) is 2. The van der Waals surface area contributed by atoms with E-state index in [1.807, 2.05) is 0 Å². The van der Waals surface area contributed by atoms with Gasteiger partial charge in [-0.15, -0.1) is 0 Å². The molecule has 12 heavy (non-hydrogen) atoms. The summed E-state index contributed by atoms with van der Waals surface area (Å²) >= 11 is 0. The van der Waals surface area contributed by atoms with E-state index >= 15 is 0 Å². The smallest absolute Gasteiger partial charge is 0.0611 e. The molecule has 0 spiro atoms. The summed E-state index contributed by atoms with van der Waals surface area (Å²) in [6.07, 6.45) is 4.17. The topological polar surface area (TPSA) is 46.2 Å². The minimum absolute atomic E-state index is 0.115. The maximum Gasteiger partial charge on any atom is 0.0611 e. The highest BCUT2D eigenvalue weighted by molar-refractivity contribution is 4.99. The molecule has 2 nitrogen and oxygen atoms in total. The Kier molecular flexibility index (Phi) is 3.13. The fourth-order valence-corrected chi connectivity index (χ4v) is 1.63. The molecule has 2 atom stereocenters. The first-order chi connectivity index (χ1) is 5.64. The van der Waals surface area contributed by atoms with Crippen molar-refractivity contribution in [1.29, 1.82) is 0 Å². The average Bonchev–Trinajstić information content (AvgIpc) is 2.84. The van der Waals surface area contributed by atoms with E-state index in [0.29, 0.717) is 12.5 Å². The second-order valence-electron chi connectivity index (χ2n) is 4.33. The summed E-state index contributed by atoms with van der Waals surface area (Å²) in [5.41, 5.74) is 5.74. The van der Waals surface area contributed by atoms with Crippen LogP contribution in [-0.4, -0.2) is 17.8 Å². The fourth-order valence-electron chi connectivity index (χ4n) is 1.63. The van der Waals surface area contributed by atoms with Crippen LogP contribution in [0.3, 0.4) is 0 Å². The van der Waals surface area contributed by atoms with E-state index in [2.05, 4.69) is 13.8 Å². The summed E-state index contributed by atoms with van der Waals surface area (Å²) in [5, 5.41) is 9.86. The second-order valence-corrected chi connectivity index (χ2v) is 4.33. The van der Waals surface area contributed by atoms with Crippen molar-refractivity contribution in [2.45, 2.75) is 45.6 Å². The summed E-state index contributed by atoms with van der Waals surface area (Å²) in [5.74, 6) is 0.629. The summed E-state index contributed by atoms with van der Waals surface area (Å²) in [7, 11) is 0. The molecule has 1 aliphatic rings. The van der Waals surface area contributed by atoms with Gasteiger partial charge in [-0.25, -0.2) is 0 Å². The highest BCUT2D eigenvalue weighted by atomic mass is 16.3. The summed E-state index contributed by atoms with van der Waals surface area (Å²) < 4.78 is 0. The van der Waals surface area contributed by atoms with Crippen molar-refractivity contribution in [2.24, 2.45) is 17.1 Å². The predicted molar refractivity (Wildman–Crippen MR) is 50.8 cm³/mol. The van der Waals surface area contributed by atoms with Crippen molar-refractivity contribution in [3.05, 3.63) is 0 Å². The lowest BCUT2D eigenvalue weighted by Gasteiger charge is -2.22. The Labute approximate surface area is 75.2 Å². The molecule has 1 saturated carbocycles. The first-order valence-electron chi connectivity index (χ1n) is 5.02. The van der Waals surface area contributed by atoms with E-state index in [1.54, 1.807) is 0 Å².